The van der Waals surface area contributed by atoms with E-state index in [1.165, 1.54) is 65.7 Å². The molecular weight excluding hydrogens is 476 g/mol. The highest BCUT2D eigenvalue weighted by Gasteiger charge is 2.20. The first kappa shape index (κ1) is 24.0. The number of hydrogen-bond donors (Lipinski definition) is 0. The quantitative estimate of drug-likeness (QED) is 0.219. The fraction of sp³-hybridized carbons (Fsp3) is 0.333. The molecule has 5 aromatic rings. The first-order chi connectivity index (χ1) is 17.4. The third kappa shape index (κ3) is 4.05. The molecule has 0 unspecified atom stereocenters. The van der Waals surface area contributed by atoms with Gasteiger partial charge in [-0.25, -0.2) is 0 Å². The molecule has 5 aromatic carbocycles. The number of thioether (sulfide) groups is 2. The van der Waals surface area contributed by atoms with E-state index in [4.69, 9.17) is 4.74 Å². The number of aryl methyl sites for hydroxylation is 1. The summed E-state index contributed by atoms with van der Waals surface area (Å²) < 4.78 is 5.94. The number of methoxy groups -OCH3 is 1. The first-order valence-electron chi connectivity index (χ1n) is 13.0. The Morgan fingerprint density at radius 2 is 1.22 bits per heavy atom. The summed E-state index contributed by atoms with van der Waals surface area (Å²) in [7, 11) is 1.83. The highest BCUT2D eigenvalue weighted by molar-refractivity contribution is 7.98. The van der Waals surface area contributed by atoms with Gasteiger partial charge in [0.2, 0.25) is 0 Å². The van der Waals surface area contributed by atoms with E-state index in [0.717, 1.165) is 35.2 Å². The number of fused-ring (bicyclic) bond motifs is 6. The average molecular weight is 511 g/mol. The molecule has 0 saturated carbocycles. The summed E-state index contributed by atoms with van der Waals surface area (Å²) in [6, 6.07) is 21.5. The van der Waals surface area contributed by atoms with Gasteiger partial charge < -0.3 is 4.74 Å². The van der Waals surface area contributed by atoms with Crippen LogP contribution in [0.5, 0.6) is 5.75 Å². The van der Waals surface area contributed by atoms with Crippen LogP contribution in [0.2, 0.25) is 0 Å². The summed E-state index contributed by atoms with van der Waals surface area (Å²) in [4.78, 5) is 0. The van der Waals surface area contributed by atoms with Crippen LogP contribution in [0.3, 0.4) is 0 Å². The van der Waals surface area contributed by atoms with E-state index < -0.39 is 0 Å². The van der Waals surface area contributed by atoms with Gasteiger partial charge in [0.1, 0.15) is 5.75 Å². The lowest BCUT2D eigenvalue weighted by Crippen LogP contribution is -2.10. The van der Waals surface area contributed by atoms with Gasteiger partial charge in [-0.05, 0) is 66.4 Å². The summed E-state index contributed by atoms with van der Waals surface area (Å²) in [6.07, 6.45) is 1.06. The molecule has 0 aromatic heterocycles. The van der Waals surface area contributed by atoms with Gasteiger partial charge in [-0.2, -0.15) is 23.5 Å². The second-order valence-corrected chi connectivity index (χ2v) is 13.1. The standard InChI is InChI=1S/C33H34OS2/c1-6-20-11-25-18-35-16-23-13-24(17-36-19-26(12-20)32(25)34-5)29-10-8-22-15-27(33(2,3)4)14-21-7-9-28(23)31(29)30(21)22/h7-15H,6,16-19H2,1-5H3. The molecule has 4 bridgehead atoms. The lowest BCUT2D eigenvalue weighted by molar-refractivity contribution is 0.407. The van der Waals surface area contributed by atoms with Crippen LogP contribution >= 0.6 is 23.5 Å². The Bertz CT molecular complexity index is 1490. The van der Waals surface area contributed by atoms with Crippen molar-refractivity contribution < 1.29 is 4.74 Å². The minimum absolute atomic E-state index is 0.135. The fourth-order valence-electron chi connectivity index (χ4n) is 5.79. The minimum atomic E-state index is 0.135. The predicted octanol–water partition coefficient (Wildman–Crippen LogP) is 9.63. The van der Waals surface area contributed by atoms with Crippen LogP contribution in [0.25, 0.3) is 32.3 Å². The van der Waals surface area contributed by atoms with Crippen molar-refractivity contribution in [3.05, 3.63) is 88.0 Å². The molecule has 0 radical (unpaired) electrons. The molecule has 1 heterocycles. The second kappa shape index (κ2) is 9.19. The highest BCUT2D eigenvalue weighted by atomic mass is 32.2. The summed E-state index contributed by atoms with van der Waals surface area (Å²) in [5, 5.41) is 8.46. The zero-order valence-electron chi connectivity index (χ0n) is 22.0. The Balaban J connectivity index is 1.52. The van der Waals surface area contributed by atoms with Crippen molar-refractivity contribution in [1.29, 1.82) is 0 Å². The van der Waals surface area contributed by atoms with Crippen molar-refractivity contribution in [2.24, 2.45) is 0 Å². The molecule has 0 aliphatic carbocycles. The lowest BCUT2D eigenvalue weighted by atomic mass is 9.82. The summed E-state index contributed by atoms with van der Waals surface area (Å²) in [5.41, 5.74) is 8.55. The van der Waals surface area contributed by atoms with Crippen LogP contribution in [0.1, 0.15) is 61.1 Å². The molecule has 1 nitrogen and oxygen atoms in total. The van der Waals surface area contributed by atoms with Gasteiger partial charge in [0.25, 0.3) is 0 Å². The smallest absolute Gasteiger partial charge is 0.126 e. The normalized spacial score (nSPS) is 14.8. The molecule has 36 heavy (non-hydrogen) atoms. The summed E-state index contributed by atoms with van der Waals surface area (Å²) >= 11 is 4.02. The Labute approximate surface area is 223 Å². The Morgan fingerprint density at radius 3 is 1.69 bits per heavy atom. The van der Waals surface area contributed by atoms with Crippen LogP contribution in [-0.2, 0) is 34.8 Å². The van der Waals surface area contributed by atoms with Crippen LogP contribution in [0.4, 0.5) is 0 Å². The van der Waals surface area contributed by atoms with Crippen molar-refractivity contribution in [2.45, 2.75) is 62.5 Å². The maximum atomic E-state index is 5.94. The number of ether oxygens (including phenoxy) is 1. The predicted molar refractivity (Wildman–Crippen MR) is 161 cm³/mol. The molecule has 3 heteroatoms. The van der Waals surface area contributed by atoms with Crippen molar-refractivity contribution in [1.82, 2.24) is 0 Å². The molecule has 0 N–H and O–H groups in total. The van der Waals surface area contributed by atoms with Gasteiger partial charge in [-0.3, -0.25) is 0 Å². The number of rotatable bonds is 2. The maximum absolute atomic E-state index is 5.94. The third-order valence-electron chi connectivity index (χ3n) is 7.70. The van der Waals surface area contributed by atoms with Crippen molar-refractivity contribution >= 4 is 55.8 Å². The average Bonchev–Trinajstić information content (AvgIpc) is 2.86. The van der Waals surface area contributed by atoms with Gasteiger partial charge in [0, 0.05) is 34.1 Å². The molecule has 1 aliphatic rings. The van der Waals surface area contributed by atoms with Gasteiger partial charge in [0.15, 0.2) is 0 Å². The van der Waals surface area contributed by atoms with Gasteiger partial charge >= 0.3 is 0 Å². The van der Waals surface area contributed by atoms with Crippen molar-refractivity contribution in [3.63, 3.8) is 0 Å². The Hall–Kier alpha value is -2.36. The largest absolute Gasteiger partial charge is 0.496 e. The Morgan fingerprint density at radius 1 is 0.694 bits per heavy atom. The summed E-state index contributed by atoms with van der Waals surface area (Å²) in [6.45, 7) is 9.17. The Kier molecular flexibility index (Phi) is 6.13. The number of benzene rings is 5. The van der Waals surface area contributed by atoms with E-state index in [1.807, 2.05) is 30.6 Å². The highest BCUT2D eigenvalue weighted by Crippen LogP contribution is 2.43. The van der Waals surface area contributed by atoms with Gasteiger partial charge in [0.05, 0.1) is 7.11 Å². The van der Waals surface area contributed by atoms with E-state index >= 15 is 0 Å². The van der Waals surface area contributed by atoms with Crippen molar-refractivity contribution in [2.75, 3.05) is 7.11 Å². The SMILES string of the molecule is CCc1cc2c(OC)c(c1)CSCc1cc(c3ccc4cc(C(C)(C)C)cc5ccc1c3c45)CSC2. The first-order valence-corrected chi connectivity index (χ1v) is 15.3. The molecule has 184 valence electrons. The zero-order chi connectivity index (χ0) is 25.0. The van der Waals surface area contributed by atoms with Gasteiger partial charge in [-0.15, -0.1) is 0 Å². The maximum Gasteiger partial charge on any atom is 0.126 e. The zero-order valence-corrected chi connectivity index (χ0v) is 23.6. The molecule has 0 atom stereocenters. The third-order valence-corrected chi connectivity index (χ3v) is 9.76. The molecular formula is C33H34OS2. The lowest BCUT2D eigenvalue weighted by Gasteiger charge is -2.23. The van der Waals surface area contributed by atoms with Crippen molar-refractivity contribution in [3.8, 4) is 5.75 Å². The molecule has 1 aliphatic heterocycles. The molecule has 0 amide bonds. The van der Waals surface area contributed by atoms with Crippen LogP contribution < -0.4 is 4.74 Å². The molecule has 0 fully saturated rings. The molecule has 6 rings (SSSR count). The van der Waals surface area contributed by atoms with Crippen LogP contribution in [0.15, 0.2) is 54.6 Å². The van der Waals surface area contributed by atoms with Crippen LogP contribution in [-0.4, -0.2) is 7.11 Å². The number of hydrogen-bond acceptors (Lipinski definition) is 3. The van der Waals surface area contributed by atoms with E-state index in [1.54, 1.807) is 0 Å². The monoisotopic (exact) mass is 510 g/mol. The molecule has 0 saturated heterocycles. The summed E-state index contributed by atoms with van der Waals surface area (Å²) in [5.74, 6) is 5.05. The van der Waals surface area contributed by atoms with E-state index in [-0.39, 0.29) is 5.41 Å². The fourth-order valence-corrected chi connectivity index (χ4v) is 7.78. The van der Waals surface area contributed by atoms with Crippen LogP contribution in [0, 0.1) is 0 Å². The topological polar surface area (TPSA) is 9.23 Å². The second-order valence-electron chi connectivity index (χ2n) is 11.1. The minimum Gasteiger partial charge on any atom is -0.496 e. The molecule has 0 spiro atoms. The van der Waals surface area contributed by atoms with E-state index in [0.29, 0.717) is 0 Å². The van der Waals surface area contributed by atoms with Gasteiger partial charge in [-0.1, -0.05) is 82.3 Å². The van der Waals surface area contributed by atoms with E-state index in [2.05, 4.69) is 82.3 Å². The van der Waals surface area contributed by atoms with E-state index in [9.17, 15) is 0 Å².